The molecule has 0 heterocycles. The van der Waals surface area contributed by atoms with Gasteiger partial charge in [0.05, 0.1) is 0 Å². The molecule has 0 aromatic heterocycles. The summed E-state index contributed by atoms with van der Waals surface area (Å²) >= 11 is 0. The number of carboxylic acid groups (broad SMARTS) is 2. The van der Waals surface area contributed by atoms with Gasteiger partial charge < -0.3 is 19.8 Å². The summed E-state index contributed by atoms with van der Waals surface area (Å²) in [5, 5.41) is 20.5. The summed E-state index contributed by atoms with van der Waals surface area (Å²) in [6.07, 6.45) is 48.5. The van der Waals surface area contributed by atoms with Crippen LogP contribution in [0.3, 0.4) is 0 Å². The first-order chi connectivity index (χ1) is 22.5. The van der Waals surface area contributed by atoms with Gasteiger partial charge in [0.15, 0.2) is 0 Å². The monoisotopic (exact) mass is 710 g/mol. The van der Waals surface area contributed by atoms with Crippen LogP contribution in [0, 0.1) is 0 Å². The fourth-order valence-corrected chi connectivity index (χ4v) is 6.34. The van der Waals surface area contributed by atoms with Crippen LogP contribution in [-0.4, -0.2) is 11.9 Å². The van der Waals surface area contributed by atoms with E-state index < -0.39 is 11.9 Å². The van der Waals surface area contributed by atoms with Gasteiger partial charge in [-0.1, -0.05) is 232 Å². The second kappa shape index (κ2) is 47.6. The van der Waals surface area contributed by atoms with Crippen molar-refractivity contribution in [3.05, 3.63) is 0 Å². The van der Waals surface area contributed by atoms with Crippen molar-refractivity contribution >= 4 is 11.9 Å². The van der Waals surface area contributed by atoms with Crippen molar-refractivity contribution in [3.8, 4) is 0 Å². The van der Waals surface area contributed by atoms with E-state index >= 15 is 0 Å². The van der Waals surface area contributed by atoms with Gasteiger partial charge in [-0.25, -0.2) is 0 Å². The second-order valence-corrected chi connectivity index (χ2v) is 14.3. The molecule has 0 spiro atoms. The summed E-state index contributed by atoms with van der Waals surface area (Å²) in [5.41, 5.74) is 0. The van der Waals surface area contributed by atoms with Crippen molar-refractivity contribution in [1.82, 2.24) is 0 Å². The molecule has 47 heavy (non-hydrogen) atoms. The molecule has 0 aromatic carbocycles. The van der Waals surface area contributed by atoms with Crippen LogP contribution >= 0.6 is 0 Å². The maximum Gasteiger partial charge on any atom is 2.00 e. The molecule has 0 aliphatic heterocycles. The molecule has 0 aliphatic rings. The van der Waals surface area contributed by atoms with E-state index in [1.54, 1.807) is 0 Å². The minimum atomic E-state index is -0.901. The van der Waals surface area contributed by atoms with Crippen molar-refractivity contribution < 1.29 is 36.6 Å². The van der Waals surface area contributed by atoms with Gasteiger partial charge in [0.2, 0.25) is 0 Å². The van der Waals surface area contributed by atoms with Gasteiger partial charge in [0, 0.05) is 11.9 Å². The zero-order chi connectivity index (χ0) is 34.0. The van der Waals surface area contributed by atoms with E-state index in [2.05, 4.69) is 13.8 Å². The average molecular weight is 710 g/mol. The maximum atomic E-state index is 10.3. The summed E-state index contributed by atoms with van der Waals surface area (Å²) in [5.74, 6) is -1.80. The van der Waals surface area contributed by atoms with Crippen LogP contribution in [0.5, 0.6) is 0 Å². The van der Waals surface area contributed by atoms with Gasteiger partial charge in [-0.3, -0.25) is 0 Å². The van der Waals surface area contributed by atoms with E-state index in [0.717, 1.165) is 25.7 Å². The van der Waals surface area contributed by atoms with E-state index in [1.165, 1.54) is 205 Å². The molecular formula is C42H82CoO4. The first-order valence-electron chi connectivity index (χ1n) is 20.9. The van der Waals surface area contributed by atoms with Crippen LogP contribution in [0.4, 0.5) is 0 Å². The Morgan fingerprint density at radius 1 is 0.277 bits per heavy atom. The smallest absolute Gasteiger partial charge is 0.550 e. The molecule has 0 amide bonds. The van der Waals surface area contributed by atoms with E-state index in [1.807, 2.05) is 0 Å². The fourth-order valence-electron chi connectivity index (χ4n) is 6.34. The molecule has 283 valence electrons. The van der Waals surface area contributed by atoms with Gasteiger partial charge in [-0.15, -0.1) is 0 Å². The Balaban J connectivity index is -0.000000807. The van der Waals surface area contributed by atoms with Crippen LogP contribution in [0.25, 0.3) is 0 Å². The molecule has 0 N–H and O–H groups in total. The molecule has 0 saturated heterocycles. The van der Waals surface area contributed by atoms with Gasteiger partial charge in [0.25, 0.3) is 0 Å². The number of rotatable bonds is 38. The van der Waals surface area contributed by atoms with Crippen LogP contribution in [0.1, 0.15) is 258 Å². The molecule has 5 heteroatoms. The Hall–Kier alpha value is -0.554. The molecule has 0 aromatic rings. The first-order valence-corrected chi connectivity index (χ1v) is 20.9. The maximum absolute atomic E-state index is 10.3. The summed E-state index contributed by atoms with van der Waals surface area (Å²) in [6, 6.07) is 0. The first kappa shape index (κ1) is 50.8. The van der Waals surface area contributed by atoms with Gasteiger partial charge in [-0.2, -0.15) is 0 Å². The molecule has 0 aliphatic carbocycles. The van der Waals surface area contributed by atoms with Gasteiger partial charge in [-0.05, 0) is 25.7 Å². The standard InChI is InChI=1S/2C21H42O2.Co/c2*1-2-3-4-5-6-7-8-9-10-11-12-13-14-15-16-17-18-19-20-21(22)23;/h2*2-20H2,1H3,(H,22,23);/q;;+2/p-2. The summed E-state index contributed by atoms with van der Waals surface area (Å²) in [4.78, 5) is 20.5. The predicted molar refractivity (Wildman–Crippen MR) is 197 cm³/mol. The van der Waals surface area contributed by atoms with E-state index in [0.29, 0.717) is 0 Å². The Morgan fingerprint density at radius 2 is 0.404 bits per heavy atom. The van der Waals surface area contributed by atoms with Crippen LogP contribution in [0.2, 0.25) is 0 Å². The van der Waals surface area contributed by atoms with E-state index in [9.17, 15) is 19.8 Å². The minimum absolute atomic E-state index is 0. The number of carbonyl (C=O) groups is 2. The largest absolute Gasteiger partial charge is 2.00 e. The predicted octanol–water partition coefficient (Wildman–Crippen LogP) is 12.3. The zero-order valence-corrected chi connectivity index (χ0v) is 32.9. The van der Waals surface area contributed by atoms with Gasteiger partial charge >= 0.3 is 16.8 Å². The number of hydrogen-bond donors (Lipinski definition) is 0. The van der Waals surface area contributed by atoms with Crippen LogP contribution < -0.4 is 10.2 Å². The van der Waals surface area contributed by atoms with E-state index in [4.69, 9.17) is 0 Å². The quantitative estimate of drug-likeness (QED) is 0.0598. The molecule has 0 fully saturated rings. The normalized spacial score (nSPS) is 10.8. The third-order valence-electron chi connectivity index (χ3n) is 9.47. The molecule has 0 saturated carbocycles. The van der Waals surface area contributed by atoms with Gasteiger partial charge in [0.1, 0.15) is 0 Å². The van der Waals surface area contributed by atoms with Crippen molar-refractivity contribution in [2.75, 3.05) is 0 Å². The zero-order valence-electron chi connectivity index (χ0n) is 31.8. The molecule has 0 atom stereocenters. The fraction of sp³-hybridized carbons (Fsp3) is 0.952. The SMILES string of the molecule is CCCCCCCCCCCCCCCCCCCCC(=O)[O-].CCCCCCCCCCCCCCCCCCCCC(=O)[O-].[Co+2]. The number of unbranched alkanes of at least 4 members (excludes halogenated alkanes) is 34. The topological polar surface area (TPSA) is 80.3 Å². The summed E-state index contributed by atoms with van der Waals surface area (Å²) < 4.78 is 0. The third kappa shape index (κ3) is 55.1. The Labute approximate surface area is 305 Å². The molecule has 4 nitrogen and oxygen atoms in total. The summed E-state index contributed by atoms with van der Waals surface area (Å²) in [6.45, 7) is 4.56. The number of hydrogen-bond acceptors (Lipinski definition) is 4. The minimum Gasteiger partial charge on any atom is -0.550 e. The van der Waals surface area contributed by atoms with E-state index in [-0.39, 0.29) is 29.6 Å². The van der Waals surface area contributed by atoms with Crippen molar-refractivity contribution in [1.29, 1.82) is 0 Å². The van der Waals surface area contributed by atoms with Crippen LogP contribution in [-0.2, 0) is 26.4 Å². The number of carbonyl (C=O) groups excluding carboxylic acids is 2. The Kier molecular flexibility index (Phi) is 51.4. The number of aliphatic carboxylic acids is 2. The Morgan fingerprint density at radius 3 is 0.532 bits per heavy atom. The van der Waals surface area contributed by atoms with Crippen molar-refractivity contribution in [3.63, 3.8) is 0 Å². The molecule has 0 rings (SSSR count). The average Bonchev–Trinajstić information content (AvgIpc) is 3.03. The molecule has 0 unspecified atom stereocenters. The molecule has 0 bridgehead atoms. The van der Waals surface area contributed by atoms with Crippen LogP contribution in [0.15, 0.2) is 0 Å². The molecular weight excluding hydrogens is 627 g/mol. The van der Waals surface area contributed by atoms with Crippen molar-refractivity contribution in [2.45, 2.75) is 258 Å². The third-order valence-corrected chi connectivity index (χ3v) is 9.47. The van der Waals surface area contributed by atoms with Crippen molar-refractivity contribution in [2.24, 2.45) is 0 Å². The summed E-state index contributed by atoms with van der Waals surface area (Å²) in [7, 11) is 0. The second-order valence-electron chi connectivity index (χ2n) is 14.3. The number of carboxylic acids is 2. The Bertz CT molecular complexity index is 533. The molecule has 1 radical (unpaired) electrons.